The molecule has 24 heavy (non-hydrogen) atoms. The van der Waals surface area contributed by atoms with Crippen LogP contribution in [-0.4, -0.2) is 71.5 Å². The Morgan fingerprint density at radius 2 is 2.04 bits per heavy atom. The Kier molecular flexibility index (Phi) is 4.56. The highest BCUT2D eigenvalue weighted by Gasteiger charge is 2.32. The molecule has 0 spiro atoms. The van der Waals surface area contributed by atoms with Crippen LogP contribution in [0.3, 0.4) is 0 Å². The van der Waals surface area contributed by atoms with Crippen molar-refractivity contribution in [1.82, 2.24) is 19.6 Å². The van der Waals surface area contributed by atoms with Gasteiger partial charge < -0.3 is 14.4 Å². The van der Waals surface area contributed by atoms with Crippen LogP contribution in [0.4, 0.5) is 0 Å². The van der Waals surface area contributed by atoms with Gasteiger partial charge in [-0.25, -0.2) is 0 Å². The van der Waals surface area contributed by atoms with E-state index in [2.05, 4.69) is 4.90 Å². The maximum Gasteiger partial charge on any atom is 0.228 e. The van der Waals surface area contributed by atoms with Crippen molar-refractivity contribution in [3.05, 3.63) is 17.0 Å². The van der Waals surface area contributed by atoms with Crippen LogP contribution in [0.5, 0.6) is 0 Å². The number of carbonyl (C=O) groups is 1. The molecule has 1 amide bonds. The average Bonchev–Trinajstić information content (AvgIpc) is 3.24. The van der Waals surface area contributed by atoms with E-state index in [1.54, 1.807) is 0 Å². The Bertz CT molecular complexity index is 603. The summed E-state index contributed by atoms with van der Waals surface area (Å²) in [5.74, 6) is 0.297. The van der Waals surface area contributed by atoms with E-state index in [0.717, 1.165) is 57.9 Å². The molecule has 3 aliphatic heterocycles. The molecule has 0 saturated carbocycles. The molecule has 0 aliphatic carbocycles. The zero-order valence-corrected chi connectivity index (χ0v) is 14.4. The van der Waals surface area contributed by atoms with Gasteiger partial charge in [-0.3, -0.25) is 14.4 Å². The second-order valence-corrected chi connectivity index (χ2v) is 6.95. The molecule has 2 fully saturated rings. The topological polar surface area (TPSA) is 59.8 Å². The van der Waals surface area contributed by atoms with Crippen molar-refractivity contribution in [2.75, 3.05) is 46.1 Å². The van der Waals surface area contributed by atoms with Gasteiger partial charge in [-0.2, -0.15) is 5.10 Å². The zero-order chi connectivity index (χ0) is 16.5. The number of morpholine rings is 1. The Balaban J connectivity index is 1.49. The number of rotatable bonds is 3. The van der Waals surface area contributed by atoms with E-state index < -0.39 is 0 Å². The van der Waals surface area contributed by atoms with E-state index in [4.69, 9.17) is 14.6 Å². The fourth-order valence-electron chi connectivity index (χ4n) is 3.94. The first-order valence-corrected chi connectivity index (χ1v) is 8.92. The van der Waals surface area contributed by atoms with Crippen LogP contribution in [0.1, 0.15) is 23.4 Å². The number of fused-ring (bicyclic) bond motifs is 1. The highest BCUT2D eigenvalue weighted by atomic mass is 16.5. The largest absolute Gasteiger partial charge is 0.381 e. The van der Waals surface area contributed by atoms with Gasteiger partial charge in [-0.05, 0) is 6.42 Å². The van der Waals surface area contributed by atoms with E-state index in [0.29, 0.717) is 19.8 Å². The lowest BCUT2D eigenvalue weighted by Crippen LogP contribution is -2.41. The van der Waals surface area contributed by atoms with Gasteiger partial charge in [0.1, 0.15) is 0 Å². The second kappa shape index (κ2) is 6.82. The molecule has 7 nitrogen and oxygen atoms in total. The lowest BCUT2D eigenvalue weighted by molar-refractivity contribution is -0.136. The third kappa shape index (κ3) is 3.08. The molecule has 1 aromatic heterocycles. The van der Waals surface area contributed by atoms with Crippen molar-refractivity contribution in [2.45, 2.75) is 25.9 Å². The third-order valence-electron chi connectivity index (χ3n) is 5.39. The Morgan fingerprint density at radius 3 is 2.79 bits per heavy atom. The lowest BCUT2D eigenvalue weighted by Gasteiger charge is -2.30. The highest BCUT2D eigenvalue weighted by Crippen LogP contribution is 2.26. The van der Waals surface area contributed by atoms with E-state index in [1.807, 2.05) is 16.6 Å². The summed E-state index contributed by atoms with van der Waals surface area (Å²) < 4.78 is 12.8. The predicted molar refractivity (Wildman–Crippen MR) is 87.4 cm³/mol. The van der Waals surface area contributed by atoms with Gasteiger partial charge in [-0.1, -0.05) is 0 Å². The molecule has 0 bridgehead atoms. The number of hydrogen-bond acceptors (Lipinski definition) is 5. The van der Waals surface area contributed by atoms with Crippen LogP contribution in [0.2, 0.25) is 0 Å². The van der Waals surface area contributed by atoms with Crippen molar-refractivity contribution in [2.24, 2.45) is 13.0 Å². The van der Waals surface area contributed by atoms with Crippen molar-refractivity contribution in [3.8, 4) is 0 Å². The SMILES string of the molecule is Cn1nc(CN2CCOCC2)c2c1CCN(C(=O)C1CCOC1)C2. The van der Waals surface area contributed by atoms with Gasteiger partial charge in [0.05, 0.1) is 31.4 Å². The molecular weight excluding hydrogens is 308 g/mol. The first kappa shape index (κ1) is 16.1. The maximum absolute atomic E-state index is 12.7. The van der Waals surface area contributed by atoms with E-state index >= 15 is 0 Å². The van der Waals surface area contributed by atoms with Gasteiger partial charge in [-0.15, -0.1) is 0 Å². The molecule has 3 aliphatic rings. The normalized spacial score (nSPS) is 25.0. The standard InChI is InChI=1S/C17H26N4O3/c1-19-16-2-4-21(17(22)13-3-7-24-12-13)10-14(16)15(18-19)11-20-5-8-23-9-6-20/h13H,2-12H2,1H3. The molecule has 1 atom stereocenters. The van der Waals surface area contributed by atoms with Crippen molar-refractivity contribution in [1.29, 1.82) is 0 Å². The van der Waals surface area contributed by atoms with Gasteiger partial charge >= 0.3 is 0 Å². The Hall–Kier alpha value is -1.44. The molecule has 1 aromatic rings. The zero-order valence-electron chi connectivity index (χ0n) is 14.4. The minimum atomic E-state index is 0.0471. The second-order valence-electron chi connectivity index (χ2n) is 6.95. The van der Waals surface area contributed by atoms with Crippen LogP contribution in [-0.2, 0) is 40.8 Å². The van der Waals surface area contributed by atoms with Gasteiger partial charge in [0.25, 0.3) is 0 Å². The number of aryl methyl sites for hydroxylation is 1. The summed E-state index contributed by atoms with van der Waals surface area (Å²) in [5.41, 5.74) is 3.65. The first-order chi connectivity index (χ1) is 11.7. The number of aromatic nitrogens is 2. The molecule has 1 unspecified atom stereocenters. The van der Waals surface area contributed by atoms with Crippen LogP contribution < -0.4 is 0 Å². The van der Waals surface area contributed by atoms with Crippen molar-refractivity contribution < 1.29 is 14.3 Å². The summed E-state index contributed by atoms with van der Waals surface area (Å²) in [6.45, 7) is 7.11. The van der Waals surface area contributed by atoms with Crippen LogP contribution in [0, 0.1) is 5.92 Å². The number of nitrogens with zero attached hydrogens (tertiary/aromatic N) is 4. The fourth-order valence-corrected chi connectivity index (χ4v) is 3.94. The van der Waals surface area contributed by atoms with Crippen molar-refractivity contribution in [3.63, 3.8) is 0 Å². The summed E-state index contributed by atoms with van der Waals surface area (Å²) in [4.78, 5) is 17.1. The summed E-state index contributed by atoms with van der Waals surface area (Å²) in [6.07, 6.45) is 1.75. The third-order valence-corrected chi connectivity index (χ3v) is 5.39. The summed E-state index contributed by atoms with van der Waals surface area (Å²) in [7, 11) is 2.02. The molecule has 132 valence electrons. The van der Waals surface area contributed by atoms with E-state index in [9.17, 15) is 4.79 Å². The molecule has 0 N–H and O–H groups in total. The summed E-state index contributed by atoms with van der Waals surface area (Å²) in [5, 5.41) is 4.75. The smallest absolute Gasteiger partial charge is 0.228 e. The fraction of sp³-hybridized carbons (Fsp3) is 0.765. The van der Waals surface area contributed by atoms with Crippen molar-refractivity contribution >= 4 is 5.91 Å². The maximum atomic E-state index is 12.7. The number of carbonyl (C=O) groups excluding carboxylic acids is 1. The monoisotopic (exact) mass is 334 g/mol. The quantitative estimate of drug-likeness (QED) is 0.789. The van der Waals surface area contributed by atoms with Gasteiger partial charge in [0, 0.05) is 64.1 Å². The minimum Gasteiger partial charge on any atom is -0.381 e. The van der Waals surface area contributed by atoms with Crippen LogP contribution in [0.15, 0.2) is 0 Å². The Labute approximate surface area is 142 Å². The summed E-state index contributed by atoms with van der Waals surface area (Å²) >= 11 is 0. The highest BCUT2D eigenvalue weighted by molar-refractivity contribution is 5.79. The minimum absolute atomic E-state index is 0.0471. The Morgan fingerprint density at radius 1 is 1.21 bits per heavy atom. The van der Waals surface area contributed by atoms with E-state index in [-0.39, 0.29) is 11.8 Å². The molecule has 4 heterocycles. The number of ether oxygens (including phenoxy) is 2. The molecule has 4 rings (SSSR count). The van der Waals surface area contributed by atoms with Crippen LogP contribution in [0.25, 0.3) is 0 Å². The number of amides is 1. The predicted octanol–water partition coefficient (Wildman–Crippen LogP) is 0.174. The van der Waals surface area contributed by atoms with Crippen LogP contribution >= 0.6 is 0 Å². The molecule has 0 aromatic carbocycles. The van der Waals surface area contributed by atoms with Gasteiger partial charge in [0.2, 0.25) is 5.91 Å². The molecule has 7 heteroatoms. The molecular formula is C17H26N4O3. The molecule has 0 radical (unpaired) electrons. The first-order valence-electron chi connectivity index (χ1n) is 8.92. The van der Waals surface area contributed by atoms with E-state index in [1.165, 1.54) is 11.3 Å². The lowest BCUT2D eigenvalue weighted by atomic mass is 10.0. The molecule has 2 saturated heterocycles. The summed E-state index contributed by atoms with van der Waals surface area (Å²) in [6, 6.07) is 0. The average molecular weight is 334 g/mol. The van der Waals surface area contributed by atoms with Gasteiger partial charge in [0.15, 0.2) is 0 Å². The number of hydrogen-bond donors (Lipinski definition) is 0.